The second-order valence-corrected chi connectivity index (χ2v) is 9.02. The van der Waals surface area contributed by atoms with Crippen molar-refractivity contribution in [1.82, 2.24) is 20.0 Å². The van der Waals surface area contributed by atoms with Crippen molar-refractivity contribution < 1.29 is 14.3 Å². The summed E-state index contributed by atoms with van der Waals surface area (Å²) in [5.74, 6) is 1.28. The molecule has 0 aromatic rings. The zero-order valence-electron chi connectivity index (χ0n) is 19.2. The lowest BCUT2D eigenvalue weighted by Gasteiger charge is -2.61. The van der Waals surface area contributed by atoms with Crippen molar-refractivity contribution in [2.75, 3.05) is 72.2 Å². The van der Waals surface area contributed by atoms with E-state index in [1.807, 2.05) is 4.90 Å². The molecule has 31 heavy (non-hydrogen) atoms. The van der Waals surface area contributed by atoms with Crippen LogP contribution in [0.4, 0.5) is 0 Å². The Hall–Kier alpha value is -0.650. The number of guanidine groups is 1. The summed E-state index contributed by atoms with van der Waals surface area (Å²) >= 11 is 0. The first-order chi connectivity index (χ1) is 14.7. The van der Waals surface area contributed by atoms with E-state index in [0.29, 0.717) is 37.3 Å². The highest BCUT2D eigenvalue weighted by Crippen LogP contribution is 2.57. The van der Waals surface area contributed by atoms with Gasteiger partial charge < -0.3 is 24.6 Å². The van der Waals surface area contributed by atoms with Gasteiger partial charge in [-0.15, -0.1) is 24.0 Å². The van der Waals surface area contributed by atoms with Gasteiger partial charge in [-0.25, -0.2) is 0 Å². The molecule has 2 aliphatic heterocycles. The zero-order valence-corrected chi connectivity index (χ0v) is 21.5. The number of aliphatic imine (C=N–C) groups is 1. The van der Waals surface area contributed by atoms with Crippen molar-refractivity contribution in [2.45, 2.75) is 51.7 Å². The van der Waals surface area contributed by atoms with Crippen LogP contribution in [-0.4, -0.2) is 111 Å². The lowest BCUT2D eigenvalue weighted by molar-refractivity contribution is -0.169. The smallest absolute Gasteiger partial charge is 0.236 e. The van der Waals surface area contributed by atoms with E-state index in [1.165, 1.54) is 19.3 Å². The average molecular weight is 549 g/mol. The molecule has 2 heterocycles. The second-order valence-electron chi connectivity index (χ2n) is 9.02. The van der Waals surface area contributed by atoms with E-state index in [0.717, 1.165) is 64.8 Å². The molecule has 0 aromatic heterocycles. The maximum absolute atomic E-state index is 12.5. The Labute approximate surface area is 204 Å². The van der Waals surface area contributed by atoms with Crippen LogP contribution in [0.3, 0.4) is 0 Å². The lowest BCUT2D eigenvalue weighted by atomic mass is 9.51. The Morgan fingerprint density at radius 3 is 2.39 bits per heavy atom. The number of carbonyl (C=O) groups excluding carboxylic acids is 1. The number of morpholine rings is 1. The molecule has 2 saturated heterocycles. The number of nitrogens with one attached hydrogen (secondary N) is 1. The predicted octanol–water partition coefficient (Wildman–Crippen LogP) is 1.39. The average Bonchev–Trinajstić information content (AvgIpc) is 2.72. The third-order valence-corrected chi connectivity index (χ3v) is 7.44. The molecule has 2 atom stereocenters. The van der Waals surface area contributed by atoms with E-state index < -0.39 is 0 Å². The van der Waals surface area contributed by atoms with Gasteiger partial charge in [-0.05, 0) is 33.1 Å². The van der Waals surface area contributed by atoms with Gasteiger partial charge in [0.2, 0.25) is 5.91 Å². The molecule has 9 heteroatoms. The van der Waals surface area contributed by atoms with Gasteiger partial charge >= 0.3 is 0 Å². The molecule has 2 aliphatic carbocycles. The first kappa shape index (κ1) is 25.0. The van der Waals surface area contributed by atoms with E-state index >= 15 is 0 Å². The summed E-state index contributed by atoms with van der Waals surface area (Å²) in [5, 5.41) is 3.80. The molecule has 4 aliphatic rings. The first-order valence-electron chi connectivity index (χ1n) is 11.9. The molecule has 178 valence electrons. The molecule has 4 fully saturated rings. The lowest BCUT2D eigenvalue weighted by Crippen LogP contribution is -2.69. The Bertz CT molecular complexity index is 616. The number of hydrogen-bond acceptors (Lipinski definition) is 5. The van der Waals surface area contributed by atoms with Crippen LogP contribution < -0.4 is 5.32 Å². The number of rotatable bonds is 6. The second kappa shape index (κ2) is 11.5. The van der Waals surface area contributed by atoms with Gasteiger partial charge in [-0.1, -0.05) is 6.42 Å². The molecular weight excluding hydrogens is 509 g/mol. The van der Waals surface area contributed by atoms with E-state index in [2.05, 4.69) is 29.0 Å². The Morgan fingerprint density at radius 1 is 1.10 bits per heavy atom. The maximum Gasteiger partial charge on any atom is 0.236 e. The molecule has 4 rings (SSSR count). The summed E-state index contributed by atoms with van der Waals surface area (Å²) in [6.07, 6.45) is 5.36. The Kier molecular flexibility index (Phi) is 9.24. The minimum Gasteiger partial charge on any atom is -0.378 e. The number of nitrogens with zero attached hydrogens (tertiary/aromatic N) is 4. The van der Waals surface area contributed by atoms with Crippen LogP contribution in [0.2, 0.25) is 0 Å². The standard InChI is InChI=1S/C22H39N5O3.HI/c1-3-23-21(24-18-16-19(30-4-2)22(18)6-5-7-22)27-10-8-25(9-11-27)17-20(28)26-12-14-29-15-13-26;/h18-19H,3-17H2,1-2H3,(H,23,24);1H. The van der Waals surface area contributed by atoms with Gasteiger partial charge in [-0.3, -0.25) is 14.7 Å². The predicted molar refractivity (Wildman–Crippen MR) is 132 cm³/mol. The Morgan fingerprint density at radius 2 is 1.81 bits per heavy atom. The van der Waals surface area contributed by atoms with E-state index in [4.69, 9.17) is 14.5 Å². The van der Waals surface area contributed by atoms with Crippen molar-refractivity contribution in [1.29, 1.82) is 0 Å². The first-order valence-corrected chi connectivity index (χ1v) is 11.9. The number of hydrogen-bond donors (Lipinski definition) is 1. The molecular formula is C22H40IN5O3. The van der Waals surface area contributed by atoms with Crippen molar-refractivity contribution in [3.63, 3.8) is 0 Å². The van der Waals surface area contributed by atoms with Gasteiger partial charge in [-0.2, -0.15) is 0 Å². The number of ether oxygens (including phenoxy) is 2. The van der Waals surface area contributed by atoms with Gasteiger partial charge in [0, 0.05) is 63.9 Å². The van der Waals surface area contributed by atoms with Crippen LogP contribution in [0.1, 0.15) is 39.5 Å². The molecule has 8 nitrogen and oxygen atoms in total. The largest absolute Gasteiger partial charge is 0.378 e. The monoisotopic (exact) mass is 549 g/mol. The summed E-state index contributed by atoms with van der Waals surface area (Å²) in [7, 11) is 0. The van der Waals surface area contributed by atoms with Gasteiger partial charge in [0.25, 0.3) is 0 Å². The summed E-state index contributed by atoms with van der Waals surface area (Å²) in [5.41, 5.74) is 0.330. The quantitative estimate of drug-likeness (QED) is 0.307. The van der Waals surface area contributed by atoms with Crippen LogP contribution in [-0.2, 0) is 14.3 Å². The number of halogens is 1. The number of amides is 1. The van der Waals surface area contributed by atoms with E-state index in [1.54, 1.807) is 0 Å². The maximum atomic E-state index is 12.5. The van der Waals surface area contributed by atoms with Gasteiger partial charge in [0.15, 0.2) is 5.96 Å². The SMILES string of the molecule is CCN=C(NC1CC(OCC)C12CCC2)N1CCN(CC(=O)N2CCOCC2)CC1.I. The number of carbonyl (C=O) groups is 1. The highest BCUT2D eigenvalue weighted by atomic mass is 127. The summed E-state index contributed by atoms with van der Waals surface area (Å²) in [6, 6.07) is 0.481. The molecule has 1 spiro atoms. The highest BCUT2D eigenvalue weighted by Gasteiger charge is 2.59. The van der Waals surface area contributed by atoms with Crippen LogP contribution >= 0.6 is 24.0 Å². The van der Waals surface area contributed by atoms with Crippen molar-refractivity contribution in [3.8, 4) is 0 Å². The molecule has 0 bridgehead atoms. The third-order valence-electron chi connectivity index (χ3n) is 7.44. The number of piperazine rings is 1. The minimum atomic E-state index is 0. The fourth-order valence-corrected chi connectivity index (χ4v) is 5.41. The normalized spacial score (nSPS) is 28.5. The van der Waals surface area contributed by atoms with Gasteiger partial charge in [0.05, 0.1) is 25.9 Å². The van der Waals surface area contributed by atoms with Crippen LogP contribution in [0, 0.1) is 5.41 Å². The zero-order chi connectivity index (χ0) is 21.0. The fourth-order valence-electron chi connectivity index (χ4n) is 5.41. The molecule has 0 aromatic carbocycles. The minimum absolute atomic E-state index is 0. The van der Waals surface area contributed by atoms with E-state index in [-0.39, 0.29) is 29.9 Å². The summed E-state index contributed by atoms with van der Waals surface area (Å²) in [4.78, 5) is 23.9. The summed E-state index contributed by atoms with van der Waals surface area (Å²) in [6.45, 7) is 12.7. The van der Waals surface area contributed by atoms with E-state index in [9.17, 15) is 4.79 Å². The van der Waals surface area contributed by atoms with Gasteiger partial charge in [0.1, 0.15) is 0 Å². The molecule has 2 saturated carbocycles. The topological polar surface area (TPSA) is 69.6 Å². The van der Waals surface area contributed by atoms with Crippen molar-refractivity contribution >= 4 is 35.8 Å². The molecule has 1 N–H and O–H groups in total. The van der Waals surface area contributed by atoms with Crippen molar-refractivity contribution in [3.05, 3.63) is 0 Å². The van der Waals surface area contributed by atoms with Crippen LogP contribution in [0.5, 0.6) is 0 Å². The molecule has 0 radical (unpaired) electrons. The third kappa shape index (κ3) is 5.47. The molecule has 1 amide bonds. The Balaban J connectivity index is 0.00000272. The van der Waals surface area contributed by atoms with Crippen molar-refractivity contribution in [2.24, 2.45) is 10.4 Å². The molecule has 2 unspecified atom stereocenters. The highest BCUT2D eigenvalue weighted by molar-refractivity contribution is 14.0. The van der Waals surface area contributed by atoms with Crippen LogP contribution in [0.15, 0.2) is 4.99 Å². The fraction of sp³-hybridized carbons (Fsp3) is 0.909. The summed E-state index contributed by atoms with van der Waals surface area (Å²) < 4.78 is 11.4. The van der Waals surface area contributed by atoms with Crippen LogP contribution in [0.25, 0.3) is 0 Å².